The molecule has 28 heavy (non-hydrogen) atoms. The van der Waals surface area contributed by atoms with Gasteiger partial charge in [-0.15, -0.1) is 0 Å². The van der Waals surface area contributed by atoms with E-state index in [1.165, 1.54) is 4.90 Å². The van der Waals surface area contributed by atoms with Gasteiger partial charge in [-0.1, -0.05) is 23.8 Å². The van der Waals surface area contributed by atoms with Crippen LogP contribution >= 0.6 is 0 Å². The quantitative estimate of drug-likeness (QED) is 0.466. The molecule has 142 valence electrons. The Balaban J connectivity index is 1.39. The Bertz CT molecular complexity index is 952. The van der Waals surface area contributed by atoms with Crippen LogP contribution < -0.4 is 9.64 Å². The van der Waals surface area contributed by atoms with Gasteiger partial charge in [0.1, 0.15) is 5.75 Å². The topological polar surface area (TPSA) is 63.7 Å². The number of ether oxygens (including phenoxy) is 1. The fraction of sp³-hybridized carbons (Fsp3) is 0.348. The molecule has 0 N–H and O–H groups in total. The first-order valence-electron chi connectivity index (χ1n) is 9.79. The average molecular weight is 375 g/mol. The Morgan fingerprint density at radius 2 is 1.61 bits per heavy atom. The highest BCUT2D eigenvalue weighted by Gasteiger charge is 2.61. The molecule has 2 saturated carbocycles. The van der Waals surface area contributed by atoms with Gasteiger partial charge in [0.05, 0.1) is 23.1 Å². The number of anilines is 1. The standard InChI is InChI=1S/C23H21NO4/c1-13-5-7-14(8-6-13)23(27)28-18-4-2-3-17(12-18)24-21(25)19-15-9-10-16(11-15)20(19)22(24)26/h2-8,12,15-16,19-20H,9-11H2,1H3/t15-,16-,19-,20+/m0/s1. The normalized spacial score (nSPS) is 28.0. The van der Waals surface area contributed by atoms with E-state index >= 15 is 0 Å². The maximum absolute atomic E-state index is 13.0. The van der Waals surface area contributed by atoms with Crippen molar-refractivity contribution >= 4 is 23.5 Å². The molecule has 0 aromatic heterocycles. The maximum atomic E-state index is 13.0. The number of aryl methyl sites for hydroxylation is 1. The van der Waals surface area contributed by atoms with Crippen LogP contribution in [0.1, 0.15) is 35.2 Å². The first kappa shape index (κ1) is 17.2. The van der Waals surface area contributed by atoms with Crippen molar-refractivity contribution in [1.82, 2.24) is 0 Å². The Hall–Kier alpha value is -2.95. The molecular formula is C23H21NO4. The van der Waals surface area contributed by atoms with Crippen LogP contribution in [0.25, 0.3) is 0 Å². The van der Waals surface area contributed by atoms with Crippen molar-refractivity contribution in [1.29, 1.82) is 0 Å². The fourth-order valence-corrected chi connectivity index (χ4v) is 5.20. The van der Waals surface area contributed by atoms with E-state index < -0.39 is 5.97 Å². The zero-order valence-electron chi connectivity index (χ0n) is 15.6. The Morgan fingerprint density at radius 3 is 2.25 bits per heavy atom. The second-order valence-electron chi connectivity index (χ2n) is 8.15. The molecule has 5 nitrogen and oxygen atoms in total. The van der Waals surface area contributed by atoms with E-state index in [1.54, 1.807) is 36.4 Å². The summed E-state index contributed by atoms with van der Waals surface area (Å²) in [5, 5.41) is 0. The van der Waals surface area contributed by atoms with Crippen molar-refractivity contribution in [2.45, 2.75) is 26.2 Å². The minimum absolute atomic E-state index is 0.0933. The maximum Gasteiger partial charge on any atom is 0.343 e. The number of benzene rings is 2. The number of nitrogens with zero attached hydrogens (tertiary/aromatic N) is 1. The molecule has 2 aliphatic carbocycles. The molecule has 1 heterocycles. The molecular weight excluding hydrogens is 354 g/mol. The number of carbonyl (C=O) groups excluding carboxylic acids is 3. The van der Waals surface area contributed by atoms with Gasteiger partial charge in [0.15, 0.2) is 0 Å². The van der Waals surface area contributed by atoms with Gasteiger partial charge in [0.2, 0.25) is 11.8 Å². The first-order valence-corrected chi connectivity index (χ1v) is 9.79. The van der Waals surface area contributed by atoms with Crippen molar-refractivity contribution in [2.75, 3.05) is 4.90 Å². The van der Waals surface area contributed by atoms with Crippen LogP contribution in [0.3, 0.4) is 0 Å². The Kier molecular flexibility index (Phi) is 3.86. The minimum atomic E-state index is -0.467. The highest BCUT2D eigenvalue weighted by Crippen LogP contribution is 2.56. The average Bonchev–Trinajstić information content (AvgIpc) is 3.36. The lowest BCUT2D eigenvalue weighted by Crippen LogP contribution is -2.32. The number of rotatable bonds is 3. The molecule has 0 spiro atoms. The van der Waals surface area contributed by atoms with Gasteiger partial charge >= 0.3 is 5.97 Å². The van der Waals surface area contributed by atoms with Crippen molar-refractivity contribution in [3.8, 4) is 5.75 Å². The van der Waals surface area contributed by atoms with Crippen molar-refractivity contribution < 1.29 is 19.1 Å². The summed E-state index contributed by atoms with van der Waals surface area (Å²) >= 11 is 0. The lowest BCUT2D eigenvalue weighted by Gasteiger charge is -2.19. The number of carbonyl (C=O) groups is 3. The number of hydrogen-bond acceptors (Lipinski definition) is 4. The van der Waals surface area contributed by atoms with Gasteiger partial charge in [-0.05, 0) is 62.3 Å². The van der Waals surface area contributed by atoms with Gasteiger partial charge < -0.3 is 4.74 Å². The predicted octanol–water partition coefficient (Wildman–Crippen LogP) is 3.75. The molecule has 0 unspecified atom stereocenters. The van der Waals surface area contributed by atoms with Crippen LogP contribution in [0.5, 0.6) is 5.75 Å². The van der Waals surface area contributed by atoms with E-state index in [0.717, 1.165) is 24.8 Å². The molecule has 3 aliphatic rings. The van der Waals surface area contributed by atoms with Crippen LogP contribution in [0.15, 0.2) is 48.5 Å². The van der Waals surface area contributed by atoms with E-state index in [-0.39, 0.29) is 23.7 Å². The molecule has 5 heteroatoms. The summed E-state index contributed by atoms with van der Waals surface area (Å²) in [6, 6.07) is 13.8. The summed E-state index contributed by atoms with van der Waals surface area (Å²) in [5.41, 5.74) is 2.00. The summed E-state index contributed by atoms with van der Waals surface area (Å²) in [5.74, 6) is 0.0382. The van der Waals surface area contributed by atoms with Crippen molar-refractivity contribution in [3.63, 3.8) is 0 Å². The monoisotopic (exact) mass is 375 g/mol. The number of fused-ring (bicyclic) bond motifs is 5. The Labute approximate surface area is 163 Å². The van der Waals surface area contributed by atoms with E-state index in [4.69, 9.17) is 4.74 Å². The van der Waals surface area contributed by atoms with Crippen molar-refractivity contribution in [2.24, 2.45) is 23.7 Å². The largest absolute Gasteiger partial charge is 0.423 e. The number of hydrogen-bond donors (Lipinski definition) is 0. The zero-order chi connectivity index (χ0) is 19.4. The summed E-state index contributed by atoms with van der Waals surface area (Å²) in [6.07, 6.45) is 3.11. The van der Waals surface area contributed by atoms with Crippen LogP contribution in [0.4, 0.5) is 5.69 Å². The van der Waals surface area contributed by atoms with Gasteiger partial charge in [0.25, 0.3) is 0 Å². The van der Waals surface area contributed by atoms with Crippen LogP contribution in [-0.4, -0.2) is 17.8 Å². The van der Waals surface area contributed by atoms with Gasteiger partial charge in [-0.25, -0.2) is 9.69 Å². The number of imide groups is 1. The van der Waals surface area contributed by atoms with E-state index in [2.05, 4.69) is 0 Å². The molecule has 2 bridgehead atoms. The van der Waals surface area contributed by atoms with E-state index in [0.29, 0.717) is 28.8 Å². The lowest BCUT2D eigenvalue weighted by atomic mass is 9.81. The highest BCUT2D eigenvalue weighted by molar-refractivity contribution is 6.22. The Morgan fingerprint density at radius 1 is 0.964 bits per heavy atom. The molecule has 2 aromatic carbocycles. The highest BCUT2D eigenvalue weighted by atomic mass is 16.5. The van der Waals surface area contributed by atoms with Gasteiger partial charge in [-0.2, -0.15) is 0 Å². The van der Waals surface area contributed by atoms with E-state index in [9.17, 15) is 14.4 Å². The third-order valence-corrected chi connectivity index (χ3v) is 6.50. The zero-order valence-corrected chi connectivity index (χ0v) is 15.6. The second kappa shape index (κ2) is 6.30. The van der Waals surface area contributed by atoms with Crippen LogP contribution in [-0.2, 0) is 9.59 Å². The summed E-state index contributed by atoms with van der Waals surface area (Å²) in [4.78, 5) is 39.6. The number of esters is 1. The molecule has 3 fully saturated rings. The van der Waals surface area contributed by atoms with Gasteiger partial charge in [0, 0.05) is 6.07 Å². The minimum Gasteiger partial charge on any atom is -0.423 e. The predicted molar refractivity (Wildman–Crippen MR) is 103 cm³/mol. The first-order chi connectivity index (χ1) is 13.5. The summed E-state index contributed by atoms with van der Waals surface area (Å²) in [6.45, 7) is 1.95. The molecule has 1 saturated heterocycles. The summed E-state index contributed by atoms with van der Waals surface area (Å²) in [7, 11) is 0. The van der Waals surface area contributed by atoms with E-state index in [1.807, 2.05) is 19.1 Å². The number of amides is 2. The fourth-order valence-electron chi connectivity index (χ4n) is 5.20. The third kappa shape index (κ3) is 2.57. The molecule has 1 aliphatic heterocycles. The summed E-state index contributed by atoms with van der Waals surface area (Å²) < 4.78 is 5.47. The SMILES string of the molecule is Cc1ccc(C(=O)Oc2cccc(N3C(=O)[C@@H]4[C@H]5CC[C@@H](C5)[C@@H]4C3=O)c2)cc1. The van der Waals surface area contributed by atoms with Crippen molar-refractivity contribution in [3.05, 3.63) is 59.7 Å². The molecule has 4 atom stereocenters. The molecule has 2 amide bonds. The second-order valence-corrected chi connectivity index (χ2v) is 8.15. The lowest BCUT2D eigenvalue weighted by molar-refractivity contribution is -0.123. The molecule has 0 radical (unpaired) electrons. The van der Waals surface area contributed by atoms with Gasteiger partial charge in [-0.3, -0.25) is 9.59 Å². The molecule has 2 aromatic rings. The van der Waals surface area contributed by atoms with Crippen LogP contribution in [0, 0.1) is 30.6 Å². The third-order valence-electron chi connectivity index (χ3n) is 6.50. The van der Waals surface area contributed by atoms with Crippen LogP contribution in [0.2, 0.25) is 0 Å². The molecule has 5 rings (SSSR count). The smallest absolute Gasteiger partial charge is 0.343 e.